The number of hydrogen-bond donors (Lipinski definition) is 1. The Labute approximate surface area is 104 Å². The summed E-state index contributed by atoms with van der Waals surface area (Å²) in [6.07, 6.45) is 2.62. The van der Waals surface area contributed by atoms with Crippen LogP contribution in [-0.2, 0) is 4.79 Å². The first-order valence-electron chi connectivity index (χ1n) is 7.02. The largest absolute Gasteiger partial charge is 0.390 e. The van der Waals surface area contributed by atoms with E-state index in [1.54, 1.807) is 0 Å². The Morgan fingerprint density at radius 2 is 1.88 bits per heavy atom. The fraction of sp³-hybridized carbons (Fsp3) is 0.933. The van der Waals surface area contributed by atoms with E-state index >= 15 is 0 Å². The molecule has 0 spiro atoms. The molecule has 3 rings (SSSR count). The summed E-state index contributed by atoms with van der Waals surface area (Å²) in [5.41, 5.74) is -0.215. The quantitative estimate of drug-likeness (QED) is 0.702. The standard InChI is InChI=1S/C15H24O2/c1-8-11(16)7-10-12(8)13-9(14(13,2)3)5-6-15(10,4)17/h8-10,12-13,17H,5-7H2,1-4H3/t8-,9-,10+,12-,13-,15+/m1/s1. The maximum Gasteiger partial charge on any atom is 0.136 e. The lowest BCUT2D eigenvalue weighted by molar-refractivity contribution is -0.121. The third kappa shape index (κ3) is 1.39. The summed E-state index contributed by atoms with van der Waals surface area (Å²) >= 11 is 0. The molecule has 0 aromatic rings. The van der Waals surface area contributed by atoms with Crippen molar-refractivity contribution in [2.75, 3.05) is 0 Å². The SMILES string of the molecule is C[C@@H]1C(=O)C[C@H]2[C@@H]1[C@H]1[C@@H](CC[C@]2(C)O)C1(C)C. The lowest BCUT2D eigenvalue weighted by Crippen LogP contribution is -2.38. The van der Waals surface area contributed by atoms with Gasteiger partial charge in [0.25, 0.3) is 0 Å². The van der Waals surface area contributed by atoms with Gasteiger partial charge in [0.15, 0.2) is 0 Å². The second-order valence-corrected chi connectivity index (χ2v) is 7.49. The molecule has 2 nitrogen and oxygen atoms in total. The van der Waals surface area contributed by atoms with E-state index in [0.717, 1.165) is 18.8 Å². The van der Waals surface area contributed by atoms with Crippen molar-refractivity contribution in [2.24, 2.45) is 35.0 Å². The molecule has 0 heterocycles. The maximum absolute atomic E-state index is 12.0. The van der Waals surface area contributed by atoms with Gasteiger partial charge in [0, 0.05) is 12.3 Å². The highest BCUT2D eigenvalue weighted by molar-refractivity contribution is 5.84. The van der Waals surface area contributed by atoms with Crippen molar-refractivity contribution < 1.29 is 9.90 Å². The minimum absolute atomic E-state index is 0.166. The van der Waals surface area contributed by atoms with Crippen molar-refractivity contribution in [1.82, 2.24) is 0 Å². The van der Waals surface area contributed by atoms with Gasteiger partial charge in [-0.15, -0.1) is 0 Å². The summed E-state index contributed by atoms with van der Waals surface area (Å²) in [6.45, 7) is 8.72. The summed E-state index contributed by atoms with van der Waals surface area (Å²) in [6, 6.07) is 0. The molecule has 96 valence electrons. The highest BCUT2D eigenvalue weighted by Crippen LogP contribution is 2.70. The average molecular weight is 236 g/mol. The molecule has 0 radical (unpaired) electrons. The molecule has 3 aliphatic carbocycles. The first kappa shape index (κ1) is 11.7. The van der Waals surface area contributed by atoms with Gasteiger partial charge in [-0.1, -0.05) is 20.8 Å². The Kier molecular flexibility index (Phi) is 2.16. The highest BCUT2D eigenvalue weighted by Gasteiger charge is 2.67. The molecular formula is C15H24O2. The van der Waals surface area contributed by atoms with Gasteiger partial charge >= 0.3 is 0 Å². The van der Waals surface area contributed by atoms with E-state index in [1.165, 1.54) is 0 Å². The monoisotopic (exact) mass is 236 g/mol. The number of Topliss-reactive ketones (excluding diaryl/α,β-unsaturated/α-hetero) is 1. The van der Waals surface area contributed by atoms with Crippen LogP contribution < -0.4 is 0 Å². The lowest BCUT2D eigenvalue weighted by Gasteiger charge is -2.34. The van der Waals surface area contributed by atoms with Crippen LogP contribution in [0.15, 0.2) is 0 Å². The summed E-state index contributed by atoms with van der Waals surface area (Å²) in [4.78, 5) is 12.0. The van der Waals surface area contributed by atoms with E-state index in [0.29, 0.717) is 29.5 Å². The Morgan fingerprint density at radius 1 is 1.24 bits per heavy atom. The Balaban J connectivity index is 1.99. The number of carbonyl (C=O) groups excluding carboxylic acids is 1. The van der Waals surface area contributed by atoms with Gasteiger partial charge in [0.05, 0.1) is 5.60 Å². The van der Waals surface area contributed by atoms with Crippen LogP contribution in [0.3, 0.4) is 0 Å². The molecule has 0 aromatic heterocycles. The number of rotatable bonds is 0. The zero-order valence-corrected chi connectivity index (χ0v) is 11.4. The molecule has 1 N–H and O–H groups in total. The topological polar surface area (TPSA) is 37.3 Å². The second-order valence-electron chi connectivity index (χ2n) is 7.49. The smallest absolute Gasteiger partial charge is 0.136 e. The van der Waals surface area contributed by atoms with Crippen LogP contribution in [0, 0.1) is 35.0 Å². The first-order valence-corrected chi connectivity index (χ1v) is 7.02. The minimum Gasteiger partial charge on any atom is -0.390 e. The summed E-state index contributed by atoms with van der Waals surface area (Å²) < 4.78 is 0. The van der Waals surface area contributed by atoms with E-state index in [9.17, 15) is 9.90 Å². The van der Waals surface area contributed by atoms with Gasteiger partial charge in [0.2, 0.25) is 0 Å². The number of carbonyl (C=O) groups is 1. The van der Waals surface area contributed by atoms with Crippen molar-refractivity contribution in [3.8, 4) is 0 Å². The molecule has 6 atom stereocenters. The number of ketones is 1. The minimum atomic E-state index is -0.616. The number of fused-ring (bicyclic) bond motifs is 3. The molecule has 3 aliphatic rings. The van der Waals surface area contributed by atoms with Crippen molar-refractivity contribution in [3.05, 3.63) is 0 Å². The van der Waals surface area contributed by atoms with Gasteiger partial charge in [-0.2, -0.15) is 0 Å². The van der Waals surface area contributed by atoms with E-state index in [1.807, 2.05) is 6.92 Å². The third-order valence-corrected chi connectivity index (χ3v) is 6.29. The van der Waals surface area contributed by atoms with E-state index < -0.39 is 5.60 Å². The van der Waals surface area contributed by atoms with Gasteiger partial charge in [-0.3, -0.25) is 4.79 Å². The average Bonchev–Trinajstić information content (AvgIpc) is 2.66. The van der Waals surface area contributed by atoms with E-state index in [2.05, 4.69) is 20.8 Å². The normalized spacial score (nSPS) is 56.1. The van der Waals surface area contributed by atoms with Crippen molar-refractivity contribution in [2.45, 2.75) is 52.6 Å². The predicted molar refractivity (Wildman–Crippen MR) is 66.4 cm³/mol. The lowest BCUT2D eigenvalue weighted by atomic mass is 9.74. The van der Waals surface area contributed by atoms with Gasteiger partial charge in [-0.25, -0.2) is 0 Å². The molecule has 0 aromatic carbocycles. The Bertz CT molecular complexity index is 369. The van der Waals surface area contributed by atoms with Crippen molar-refractivity contribution in [3.63, 3.8) is 0 Å². The Morgan fingerprint density at radius 3 is 2.53 bits per heavy atom. The van der Waals surface area contributed by atoms with Crippen LogP contribution in [0.25, 0.3) is 0 Å². The molecule has 0 amide bonds. The van der Waals surface area contributed by atoms with Crippen LogP contribution in [0.5, 0.6) is 0 Å². The summed E-state index contributed by atoms with van der Waals surface area (Å²) in [5, 5.41) is 10.6. The molecular weight excluding hydrogens is 212 g/mol. The molecule has 0 saturated heterocycles. The van der Waals surface area contributed by atoms with Crippen LogP contribution >= 0.6 is 0 Å². The summed E-state index contributed by atoms with van der Waals surface area (Å²) in [5.74, 6) is 2.59. The van der Waals surface area contributed by atoms with E-state index in [4.69, 9.17) is 0 Å². The third-order valence-electron chi connectivity index (χ3n) is 6.29. The van der Waals surface area contributed by atoms with Gasteiger partial charge in [0.1, 0.15) is 5.78 Å². The second kappa shape index (κ2) is 3.14. The molecule has 0 aliphatic heterocycles. The fourth-order valence-corrected chi connectivity index (χ4v) is 5.03. The molecule has 0 unspecified atom stereocenters. The van der Waals surface area contributed by atoms with Crippen LogP contribution in [-0.4, -0.2) is 16.5 Å². The van der Waals surface area contributed by atoms with Crippen LogP contribution in [0.1, 0.15) is 47.0 Å². The molecule has 0 bridgehead atoms. The predicted octanol–water partition coefficient (Wildman–Crippen LogP) is 2.64. The fourth-order valence-electron chi connectivity index (χ4n) is 5.03. The van der Waals surface area contributed by atoms with Crippen LogP contribution in [0.4, 0.5) is 0 Å². The zero-order chi connectivity index (χ0) is 12.6. The summed E-state index contributed by atoms with van der Waals surface area (Å²) in [7, 11) is 0. The van der Waals surface area contributed by atoms with Gasteiger partial charge in [-0.05, 0) is 48.9 Å². The van der Waals surface area contributed by atoms with Crippen molar-refractivity contribution >= 4 is 5.78 Å². The van der Waals surface area contributed by atoms with Gasteiger partial charge < -0.3 is 5.11 Å². The molecule has 17 heavy (non-hydrogen) atoms. The van der Waals surface area contributed by atoms with Crippen molar-refractivity contribution in [1.29, 1.82) is 0 Å². The van der Waals surface area contributed by atoms with E-state index in [-0.39, 0.29) is 11.8 Å². The maximum atomic E-state index is 12.0. The number of aliphatic hydroxyl groups is 1. The van der Waals surface area contributed by atoms with Crippen LogP contribution in [0.2, 0.25) is 0 Å². The molecule has 3 saturated carbocycles. The number of hydrogen-bond acceptors (Lipinski definition) is 2. The highest BCUT2D eigenvalue weighted by atomic mass is 16.3. The molecule has 2 heteroatoms. The zero-order valence-electron chi connectivity index (χ0n) is 11.4. The first-order chi connectivity index (χ1) is 7.77. The molecule has 3 fully saturated rings. The Hall–Kier alpha value is -0.370.